The molecule has 0 aliphatic heterocycles. The van der Waals surface area contributed by atoms with Crippen molar-refractivity contribution in [3.63, 3.8) is 0 Å². The molecule has 4 heteroatoms. The van der Waals surface area contributed by atoms with E-state index < -0.39 is 0 Å². The summed E-state index contributed by atoms with van der Waals surface area (Å²) in [7, 11) is 1.74. The van der Waals surface area contributed by atoms with Gasteiger partial charge < -0.3 is 10.1 Å². The van der Waals surface area contributed by atoms with Crippen LogP contribution in [0.4, 0.5) is 0 Å². The summed E-state index contributed by atoms with van der Waals surface area (Å²) in [6, 6.07) is 0.398. The fourth-order valence-corrected chi connectivity index (χ4v) is 1.59. The van der Waals surface area contributed by atoms with Gasteiger partial charge in [-0.25, -0.2) is 0 Å². The van der Waals surface area contributed by atoms with Gasteiger partial charge in [0.2, 0.25) is 0 Å². The lowest BCUT2D eigenvalue weighted by atomic mass is 10.1. The Labute approximate surface area is 98.0 Å². The van der Waals surface area contributed by atoms with Gasteiger partial charge in [0.15, 0.2) is 0 Å². The highest BCUT2D eigenvalue weighted by atomic mass is 16.5. The number of nitrogens with one attached hydrogen (secondary N) is 1. The summed E-state index contributed by atoms with van der Waals surface area (Å²) in [6.45, 7) is 9.02. The van der Waals surface area contributed by atoms with Crippen molar-refractivity contribution in [1.82, 2.24) is 15.1 Å². The van der Waals surface area contributed by atoms with Gasteiger partial charge in [0.05, 0.1) is 12.8 Å². The lowest BCUT2D eigenvalue weighted by Crippen LogP contribution is -2.37. The van der Waals surface area contributed by atoms with Crippen LogP contribution in [0.25, 0.3) is 0 Å². The molecule has 1 rings (SSSR count). The number of ether oxygens (including phenoxy) is 1. The molecule has 0 radical (unpaired) electrons. The number of aromatic nitrogens is 2. The highest BCUT2D eigenvalue weighted by Gasteiger charge is 2.12. The molecule has 0 aliphatic carbocycles. The number of methoxy groups -OCH3 is 1. The highest BCUT2D eigenvalue weighted by molar-refractivity contribution is 5.03. The number of hydrogen-bond donors (Lipinski definition) is 1. The molecule has 16 heavy (non-hydrogen) atoms. The molecule has 0 fully saturated rings. The van der Waals surface area contributed by atoms with Crippen LogP contribution in [0.3, 0.4) is 0 Å². The molecule has 4 nitrogen and oxygen atoms in total. The first-order chi connectivity index (χ1) is 7.67. The SMILES string of the molecule is CCn1cc(CNC(COC)C(C)C)cn1. The minimum absolute atomic E-state index is 0.398. The van der Waals surface area contributed by atoms with Gasteiger partial charge in [0.25, 0.3) is 0 Å². The Morgan fingerprint density at radius 1 is 1.50 bits per heavy atom. The Kier molecular flexibility index (Phi) is 5.49. The maximum atomic E-state index is 5.20. The van der Waals surface area contributed by atoms with Crippen LogP contribution < -0.4 is 5.32 Å². The smallest absolute Gasteiger partial charge is 0.0618 e. The molecule has 0 aliphatic rings. The van der Waals surface area contributed by atoms with Crippen molar-refractivity contribution in [1.29, 1.82) is 0 Å². The predicted molar refractivity (Wildman–Crippen MR) is 65.2 cm³/mol. The number of aryl methyl sites for hydroxylation is 1. The van der Waals surface area contributed by atoms with Gasteiger partial charge in [-0.1, -0.05) is 13.8 Å². The topological polar surface area (TPSA) is 39.1 Å². The second kappa shape index (κ2) is 6.66. The molecule has 0 amide bonds. The molecule has 1 aromatic heterocycles. The molecule has 0 spiro atoms. The molecule has 1 N–H and O–H groups in total. The van der Waals surface area contributed by atoms with E-state index in [9.17, 15) is 0 Å². The van der Waals surface area contributed by atoms with E-state index in [0.29, 0.717) is 12.0 Å². The summed E-state index contributed by atoms with van der Waals surface area (Å²) in [5, 5.41) is 7.74. The quantitative estimate of drug-likeness (QED) is 0.767. The van der Waals surface area contributed by atoms with Crippen molar-refractivity contribution >= 4 is 0 Å². The van der Waals surface area contributed by atoms with Crippen LogP contribution in [0.15, 0.2) is 12.4 Å². The van der Waals surface area contributed by atoms with Gasteiger partial charge in [-0.2, -0.15) is 5.10 Å². The van der Waals surface area contributed by atoms with E-state index in [1.165, 1.54) is 5.56 Å². The zero-order chi connectivity index (χ0) is 12.0. The third-order valence-electron chi connectivity index (χ3n) is 2.73. The van der Waals surface area contributed by atoms with E-state index in [4.69, 9.17) is 4.74 Å². The third kappa shape index (κ3) is 3.94. The molecule has 0 aromatic carbocycles. The van der Waals surface area contributed by atoms with Gasteiger partial charge in [-0.15, -0.1) is 0 Å². The van der Waals surface area contributed by atoms with E-state index in [0.717, 1.165) is 19.7 Å². The second-order valence-electron chi connectivity index (χ2n) is 4.39. The Morgan fingerprint density at radius 2 is 2.25 bits per heavy atom. The summed E-state index contributed by atoms with van der Waals surface area (Å²) in [4.78, 5) is 0. The van der Waals surface area contributed by atoms with Crippen LogP contribution in [0, 0.1) is 5.92 Å². The normalized spacial score (nSPS) is 13.3. The van der Waals surface area contributed by atoms with Crippen LogP contribution in [0.2, 0.25) is 0 Å². The van der Waals surface area contributed by atoms with Crippen molar-refractivity contribution in [2.45, 2.75) is 39.9 Å². The first-order valence-electron chi connectivity index (χ1n) is 5.91. The summed E-state index contributed by atoms with van der Waals surface area (Å²) in [6.07, 6.45) is 4.00. The van der Waals surface area contributed by atoms with E-state index in [1.54, 1.807) is 7.11 Å². The predicted octanol–water partition coefficient (Wildman–Crippen LogP) is 1.66. The molecule has 0 saturated carbocycles. The molecule has 0 bridgehead atoms. The van der Waals surface area contributed by atoms with Gasteiger partial charge in [-0.05, 0) is 12.8 Å². The minimum atomic E-state index is 0.398. The number of nitrogens with zero attached hydrogens (tertiary/aromatic N) is 2. The zero-order valence-electron chi connectivity index (χ0n) is 10.7. The van der Waals surface area contributed by atoms with Crippen LogP contribution in [-0.2, 0) is 17.8 Å². The maximum Gasteiger partial charge on any atom is 0.0618 e. The van der Waals surface area contributed by atoms with Crippen molar-refractivity contribution in [2.24, 2.45) is 5.92 Å². The number of hydrogen-bond acceptors (Lipinski definition) is 3. The molecule has 0 saturated heterocycles. The van der Waals surface area contributed by atoms with Gasteiger partial charge in [0.1, 0.15) is 0 Å². The van der Waals surface area contributed by atoms with E-state index in [-0.39, 0.29) is 0 Å². The van der Waals surface area contributed by atoms with Crippen LogP contribution in [0.5, 0.6) is 0 Å². The van der Waals surface area contributed by atoms with Crippen LogP contribution >= 0.6 is 0 Å². The lowest BCUT2D eigenvalue weighted by Gasteiger charge is -2.21. The minimum Gasteiger partial charge on any atom is -0.383 e. The maximum absolute atomic E-state index is 5.20. The molecule has 1 atom stereocenters. The molecule has 92 valence electrons. The largest absolute Gasteiger partial charge is 0.383 e. The Morgan fingerprint density at radius 3 is 2.75 bits per heavy atom. The third-order valence-corrected chi connectivity index (χ3v) is 2.73. The fraction of sp³-hybridized carbons (Fsp3) is 0.750. The molecule has 1 aromatic rings. The standard InChI is InChI=1S/C12H23N3O/c1-5-15-8-11(7-14-15)6-13-12(9-16-4)10(2)3/h7-8,10,12-13H,5-6,9H2,1-4H3. The summed E-state index contributed by atoms with van der Waals surface area (Å²) in [5.74, 6) is 0.571. The molecule has 1 unspecified atom stereocenters. The highest BCUT2D eigenvalue weighted by Crippen LogP contribution is 2.04. The zero-order valence-corrected chi connectivity index (χ0v) is 10.7. The summed E-state index contributed by atoms with van der Waals surface area (Å²) >= 11 is 0. The van der Waals surface area contributed by atoms with E-state index >= 15 is 0 Å². The first kappa shape index (κ1) is 13.2. The van der Waals surface area contributed by atoms with Gasteiger partial charge >= 0.3 is 0 Å². The molecular weight excluding hydrogens is 202 g/mol. The Bertz CT molecular complexity index is 296. The van der Waals surface area contributed by atoms with Crippen LogP contribution in [0.1, 0.15) is 26.3 Å². The lowest BCUT2D eigenvalue weighted by molar-refractivity contribution is 0.146. The second-order valence-corrected chi connectivity index (χ2v) is 4.39. The van der Waals surface area contributed by atoms with Crippen molar-refractivity contribution in [3.8, 4) is 0 Å². The van der Waals surface area contributed by atoms with Crippen LogP contribution in [-0.4, -0.2) is 29.5 Å². The van der Waals surface area contributed by atoms with Crippen molar-refractivity contribution in [2.75, 3.05) is 13.7 Å². The fourth-order valence-electron chi connectivity index (χ4n) is 1.59. The van der Waals surface area contributed by atoms with Crippen molar-refractivity contribution in [3.05, 3.63) is 18.0 Å². The van der Waals surface area contributed by atoms with E-state index in [1.807, 2.05) is 10.9 Å². The molecule has 1 heterocycles. The van der Waals surface area contributed by atoms with Gasteiger partial charge in [-0.3, -0.25) is 4.68 Å². The monoisotopic (exact) mass is 225 g/mol. The first-order valence-corrected chi connectivity index (χ1v) is 5.91. The average molecular weight is 225 g/mol. The number of rotatable bonds is 7. The Balaban J connectivity index is 2.42. The summed E-state index contributed by atoms with van der Waals surface area (Å²) < 4.78 is 7.14. The molecular formula is C12H23N3O. The Hall–Kier alpha value is -0.870. The van der Waals surface area contributed by atoms with Gasteiger partial charge in [0, 0.05) is 38.0 Å². The van der Waals surface area contributed by atoms with Crippen molar-refractivity contribution < 1.29 is 4.74 Å². The average Bonchev–Trinajstić information content (AvgIpc) is 2.71. The summed E-state index contributed by atoms with van der Waals surface area (Å²) in [5.41, 5.74) is 1.23. The van der Waals surface area contributed by atoms with E-state index in [2.05, 4.69) is 37.4 Å².